The Morgan fingerprint density at radius 2 is 1.96 bits per heavy atom. The molecule has 7 nitrogen and oxygen atoms in total. The molecule has 0 unspecified atom stereocenters. The lowest BCUT2D eigenvalue weighted by Gasteiger charge is -2.10. The van der Waals surface area contributed by atoms with Crippen molar-refractivity contribution in [3.8, 4) is 5.69 Å². The zero-order valence-electron chi connectivity index (χ0n) is 12.7. The minimum atomic E-state index is -1.20. The molecule has 2 N–H and O–H groups in total. The highest BCUT2D eigenvalue weighted by molar-refractivity contribution is 6.37. The van der Waals surface area contributed by atoms with Gasteiger partial charge >= 0.3 is 5.97 Å². The van der Waals surface area contributed by atoms with Crippen LogP contribution >= 0.6 is 23.2 Å². The molecule has 0 aliphatic heterocycles. The van der Waals surface area contributed by atoms with Gasteiger partial charge in [0, 0.05) is 6.42 Å². The SMILES string of the molecule is CCc1nc(C(=O)NC2(C(=O)O)CC2)nn1-c1c(Cl)cccc1Cl. The molecule has 1 heterocycles. The number of hydrogen-bond donors (Lipinski definition) is 2. The van der Waals surface area contributed by atoms with Gasteiger partial charge in [-0.05, 0) is 25.0 Å². The molecule has 1 amide bonds. The third-order valence-electron chi connectivity index (χ3n) is 3.86. The molecule has 9 heteroatoms. The number of carboxylic acids is 1. The molecule has 0 spiro atoms. The Hall–Kier alpha value is -2.12. The number of halogens is 2. The number of benzene rings is 1. The summed E-state index contributed by atoms with van der Waals surface area (Å²) in [5.41, 5.74) is -0.764. The second-order valence-electron chi connectivity index (χ2n) is 5.53. The first-order valence-electron chi connectivity index (χ1n) is 7.34. The van der Waals surface area contributed by atoms with Gasteiger partial charge in [0.15, 0.2) is 0 Å². The second-order valence-corrected chi connectivity index (χ2v) is 6.34. The van der Waals surface area contributed by atoms with Crippen LogP contribution in [0.25, 0.3) is 5.69 Å². The molecule has 1 fully saturated rings. The van der Waals surface area contributed by atoms with Gasteiger partial charge in [-0.1, -0.05) is 36.2 Å². The molecule has 2 aromatic rings. The van der Waals surface area contributed by atoms with Gasteiger partial charge in [-0.15, -0.1) is 5.10 Å². The van der Waals surface area contributed by atoms with E-state index in [1.165, 1.54) is 4.68 Å². The largest absolute Gasteiger partial charge is 0.480 e. The molecule has 126 valence electrons. The molecule has 1 aromatic heterocycles. The van der Waals surface area contributed by atoms with Crippen molar-refractivity contribution in [2.24, 2.45) is 0 Å². The normalized spacial score (nSPS) is 15.1. The fraction of sp³-hybridized carbons (Fsp3) is 0.333. The zero-order valence-corrected chi connectivity index (χ0v) is 14.2. The van der Waals surface area contributed by atoms with Gasteiger partial charge in [-0.2, -0.15) is 0 Å². The number of carbonyl (C=O) groups is 2. The van der Waals surface area contributed by atoms with Crippen molar-refractivity contribution in [2.75, 3.05) is 0 Å². The molecule has 1 aromatic carbocycles. The number of carboxylic acid groups (broad SMARTS) is 1. The van der Waals surface area contributed by atoms with E-state index in [0.29, 0.717) is 40.8 Å². The summed E-state index contributed by atoms with van der Waals surface area (Å²) >= 11 is 12.4. The van der Waals surface area contributed by atoms with Gasteiger partial charge in [0.25, 0.3) is 5.91 Å². The number of carbonyl (C=O) groups excluding carboxylic acids is 1. The first kappa shape index (κ1) is 16.7. The van der Waals surface area contributed by atoms with Gasteiger partial charge in [-0.25, -0.2) is 14.5 Å². The highest BCUT2D eigenvalue weighted by Crippen LogP contribution is 2.35. The van der Waals surface area contributed by atoms with Gasteiger partial charge in [0.05, 0.1) is 10.0 Å². The predicted molar refractivity (Wildman–Crippen MR) is 87.8 cm³/mol. The zero-order chi connectivity index (χ0) is 17.5. The summed E-state index contributed by atoms with van der Waals surface area (Å²) in [6.45, 7) is 1.85. The number of para-hydroxylation sites is 1. The van der Waals surface area contributed by atoms with Crippen LogP contribution < -0.4 is 5.32 Å². The first-order valence-corrected chi connectivity index (χ1v) is 8.10. The Balaban J connectivity index is 1.97. The summed E-state index contributed by atoms with van der Waals surface area (Å²) in [5, 5.41) is 16.6. The van der Waals surface area contributed by atoms with E-state index in [4.69, 9.17) is 28.3 Å². The lowest BCUT2D eigenvalue weighted by Crippen LogP contribution is -2.43. The Morgan fingerprint density at radius 1 is 1.33 bits per heavy atom. The van der Waals surface area contributed by atoms with Crippen LogP contribution in [0.4, 0.5) is 0 Å². The molecule has 3 rings (SSSR count). The number of nitrogens with zero attached hydrogens (tertiary/aromatic N) is 3. The number of rotatable bonds is 5. The molecule has 0 radical (unpaired) electrons. The lowest BCUT2D eigenvalue weighted by molar-refractivity contribution is -0.140. The van der Waals surface area contributed by atoms with Crippen molar-refractivity contribution in [1.82, 2.24) is 20.1 Å². The Labute approximate surface area is 147 Å². The van der Waals surface area contributed by atoms with Crippen LogP contribution in [0.2, 0.25) is 10.0 Å². The second kappa shape index (κ2) is 6.07. The van der Waals surface area contributed by atoms with Crippen LogP contribution in [0.15, 0.2) is 18.2 Å². The maximum absolute atomic E-state index is 12.3. The van der Waals surface area contributed by atoms with Crippen molar-refractivity contribution in [3.05, 3.63) is 39.9 Å². The van der Waals surface area contributed by atoms with E-state index in [-0.39, 0.29) is 5.82 Å². The van der Waals surface area contributed by atoms with Crippen molar-refractivity contribution in [3.63, 3.8) is 0 Å². The van der Waals surface area contributed by atoms with Crippen molar-refractivity contribution >= 4 is 35.1 Å². The minimum Gasteiger partial charge on any atom is -0.480 e. The fourth-order valence-electron chi connectivity index (χ4n) is 2.33. The van der Waals surface area contributed by atoms with E-state index in [9.17, 15) is 9.59 Å². The van der Waals surface area contributed by atoms with Gasteiger partial charge in [0.2, 0.25) is 5.82 Å². The number of hydrogen-bond acceptors (Lipinski definition) is 4. The smallest absolute Gasteiger partial charge is 0.329 e. The summed E-state index contributed by atoms with van der Waals surface area (Å²) in [6.07, 6.45) is 1.28. The molecule has 1 saturated carbocycles. The van der Waals surface area contributed by atoms with E-state index in [0.717, 1.165) is 0 Å². The van der Waals surface area contributed by atoms with Gasteiger partial charge < -0.3 is 10.4 Å². The third kappa shape index (κ3) is 2.85. The maximum Gasteiger partial charge on any atom is 0.329 e. The molecule has 0 bridgehead atoms. The molecular weight excluding hydrogens is 355 g/mol. The van der Waals surface area contributed by atoms with E-state index >= 15 is 0 Å². The number of aromatic nitrogens is 3. The summed E-state index contributed by atoms with van der Waals surface area (Å²) in [7, 11) is 0. The summed E-state index contributed by atoms with van der Waals surface area (Å²) < 4.78 is 1.42. The third-order valence-corrected chi connectivity index (χ3v) is 4.47. The molecule has 0 saturated heterocycles. The maximum atomic E-state index is 12.3. The highest BCUT2D eigenvalue weighted by Gasteiger charge is 2.52. The standard InChI is InChI=1S/C15H14Cl2N4O3/c1-2-10-18-12(13(22)19-15(6-7-15)14(23)24)20-21(10)11-8(16)4-3-5-9(11)17/h3-5H,2,6-7H2,1H3,(H,19,22)(H,23,24). The molecule has 1 aliphatic rings. The summed E-state index contributed by atoms with van der Waals surface area (Å²) in [6, 6.07) is 5.02. The topological polar surface area (TPSA) is 97.1 Å². The Kier molecular flexibility index (Phi) is 4.23. The van der Waals surface area contributed by atoms with Gasteiger partial charge in [-0.3, -0.25) is 4.79 Å². The summed E-state index contributed by atoms with van der Waals surface area (Å²) in [4.78, 5) is 27.7. The number of amides is 1. The average molecular weight is 369 g/mol. The molecule has 0 atom stereocenters. The van der Waals surface area contributed by atoms with Crippen LogP contribution in [-0.4, -0.2) is 37.3 Å². The lowest BCUT2D eigenvalue weighted by atomic mass is 10.3. The average Bonchev–Trinajstić information content (AvgIpc) is 3.19. The molecule has 1 aliphatic carbocycles. The van der Waals surface area contributed by atoms with Gasteiger partial charge in [0.1, 0.15) is 17.1 Å². The van der Waals surface area contributed by atoms with Crippen LogP contribution in [0.1, 0.15) is 36.2 Å². The highest BCUT2D eigenvalue weighted by atomic mass is 35.5. The monoisotopic (exact) mass is 368 g/mol. The molecule has 24 heavy (non-hydrogen) atoms. The number of aliphatic carboxylic acids is 1. The van der Waals surface area contributed by atoms with Crippen molar-refractivity contribution in [2.45, 2.75) is 31.7 Å². The van der Waals surface area contributed by atoms with Crippen molar-refractivity contribution < 1.29 is 14.7 Å². The van der Waals surface area contributed by atoms with Crippen LogP contribution in [0.3, 0.4) is 0 Å². The van der Waals surface area contributed by atoms with E-state index in [2.05, 4.69) is 15.4 Å². The quantitative estimate of drug-likeness (QED) is 0.844. The van der Waals surface area contributed by atoms with Crippen LogP contribution in [-0.2, 0) is 11.2 Å². The first-order chi connectivity index (χ1) is 11.4. The Bertz CT molecular complexity index is 810. The van der Waals surface area contributed by atoms with Crippen LogP contribution in [0.5, 0.6) is 0 Å². The van der Waals surface area contributed by atoms with E-state index in [1.54, 1.807) is 18.2 Å². The predicted octanol–water partition coefficient (Wildman–Crippen LogP) is 2.48. The van der Waals surface area contributed by atoms with E-state index in [1.807, 2.05) is 6.92 Å². The Morgan fingerprint density at radius 3 is 2.46 bits per heavy atom. The van der Waals surface area contributed by atoms with Crippen molar-refractivity contribution in [1.29, 1.82) is 0 Å². The summed E-state index contributed by atoms with van der Waals surface area (Å²) in [5.74, 6) is -1.31. The van der Waals surface area contributed by atoms with E-state index < -0.39 is 17.4 Å². The number of nitrogens with one attached hydrogen (secondary N) is 1. The minimum absolute atomic E-state index is 0.115. The van der Waals surface area contributed by atoms with Crippen LogP contribution in [0, 0.1) is 0 Å². The fourth-order valence-corrected chi connectivity index (χ4v) is 2.89. The number of aryl methyl sites for hydroxylation is 1. The molecular formula is C15H14Cl2N4O3.